The average molecular weight is 388 g/mol. The van der Waals surface area contributed by atoms with Gasteiger partial charge in [0, 0.05) is 17.8 Å². The molecule has 0 bridgehead atoms. The van der Waals surface area contributed by atoms with E-state index in [1.807, 2.05) is 0 Å². The first-order valence-corrected chi connectivity index (χ1v) is 8.50. The van der Waals surface area contributed by atoms with Crippen LogP contribution in [0.5, 0.6) is 0 Å². The number of hydrogen-bond acceptors (Lipinski definition) is 7. The maximum absolute atomic E-state index is 12.6. The summed E-state index contributed by atoms with van der Waals surface area (Å²) in [7, 11) is 0. The van der Waals surface area contributed by atoms with Gasteiger partial charge in [0.05, 0.1) is 28.6 Å². The zero-order valence-electron chi connectivity index (χ0n) is 14.5. The van der Waals surface area contributed by atoms with E-state index in [4.69, 9.17) is 17.0 Å². The number of anilines is 1. The normalized spacial score (nSPS) is 15.7. The van der Waals surface area contributed by atoms with Gasteiger partial charge in [-0.2, -0.15) is 0 Å². The van der Waals surface area contributed by atoms with Crippen molar-refractivity contribution in [3.63, 3.8) is 0 Å². The lowest BCUT2D eigenvalue weighted by atomic mass is 9.82. The number of fused-ring (bicyclic) bond motifs is 1. The fourth-order valence-corrected chi connectivity index (χ4v) is 3.31. The number of carbonyl (C=O) groups excluding carboxylic acids is 1. The second-order valence-electron chi connectivity index (χ2n) is 5.87. The minimum atomic E-state index is -0.851. The van der Waals surface area contributed by atoms with Gasteiger partial charge in [-0.15, -0.1) is 0 Å². The molecule has 27 heavy (non-hydrogen) atoms. The van der Waals surface area contributed by atoms with Gasteiger partial charge in [0.2, 0.25) is 0 Å². The lowest BCUT2D eigenvalue weighted by Gasteiger charge is -2.28. The summed E-state index contributed by atoms with van der Waals surface area (Å²) in [6.07, 6.45) is 0. The van der Waals surface area contributed by atoms with Gasteiger partial charge in [-0.05, 0) is 31.6 Å². The molecule has 0 fully saturated rings. The highest BCUT2D eigenvalue weighted by atomic mass is 32.1. The van der Waals surface area contributed by atoms with Crippen LogP contribution < -0.4 is 10.9 Å². The molecule has 1 unspecified atom stereocenters. The molecule has 0 saturated carbocycles. The molecule has 3 rings (SSSR count). The van der Waals surface area contributed by atoms with Crippen LogP contribution >= 0.6 is 12.2 Å². The SMILES string of the molecule is CCOC(=O)C1=C(C)Nc2[nH]c(=S)[nH]c(=O)c2C1c1cccc([N+](=O)[O-])c1. The van der Waals surface area contributed by atoms with E-state index in [-0.39, 0.29) is 28.2 Å². The van der Waals surface area contributed by atoms with Crippen molar-refractivity contribution in [3.05, 3.63) is 71.9 Å². The van der Waals surface area contributed by atoms with Gasteiger partial charge < -0.3 is 15.0 Å². The monoisotopic (exact) mass is 388 g/mol. The number of nitrogens with one attached hydrogen (secondary N) is 3. The van der Waals surface area contributed by atoms with E-state index in [1.54, 1.807) is 19.9 Å². The highest BCUT2D eigenvalue weighted by Gasteiger charge is 2.36. The fourth-order valence-electron chi connectivity index (χ4n) is 3.12. The number of esters is 1. The van der Waals surface area contributed by atoms with Gasteiger partial charge >= 0.3 is 5.97 Å². The quantitative estimate of drug-likeness (QED) is 0.318. The predicted octanol–water partition coefficient (Wildman–Crippen LogP) is 2.74. The number of allylic oxidation sites excluding steroid dienone is 1. The van der Waals surface area contributed by atoms with E-state index in [0.29, 0.717) is 17.1 Å². The second kappa shape index (κ2) is 7.16. The number of non-ortho nitro benzene ring substituents is 1. The molecule has 2 heterocycles. The van der Waals surface area contributed by atoms with Gasteiger partial charge in [-0.25, -0.2) is 4.79 Å². The molecule has 1 aromatic heterocycles. The van der Waals surface area contributed by atoms with Gasteiger partial charge in [0.15, 0.2) is 4.77 Å². The molecule has 1 atom stereocenters. The Balaban J connectivity index is 2.30. The van der Waals surface area contributed by atoms with Crippen LogP contribution in [0.1, 0.15) is 30.9 Å². The zero-order chi connectivity index (χ0) is 19.7. The maximum atomic E-state index is 12.6. The standard InChI is InChI=1S/C17H16N4O5S/c1-3-26-16(23)11-8(2)18-14-13(15(22)20-17(27)19-14)12(11)9-5-4-6-10(7-9)21(24)25/h4-7,12H,3H2,1-2H3,(H3,18,19,20,22,27). The van der Waals surface area contributed by atoms with Crippen molar-refractivity contribution in [2.24, 2.45) is 0 Å². The van der Waals surface area contributed by atoms with Crippen LogP contribution in [-0.2, 0) is 9.53 Å². The zero-order valence-corrected chi connectivity index (χ0v) is 15.3. The van der Waals surface area contributed by atoms with E-state index in [2.05, 4.69) is 15.3 Å². The summed E-state index contributed by atoms with van der Waals surface area (Å²) in [5.74, 6) is -1.12. The Kier molecular flexibility index (Phi) is 4.91. The molecule has 0 saturated heterocycles. The molecule has 3 N–H and O–H groups in total. The summed E-state index contributed by atoms with van der Waals surface area (Å²) in [6.45, 7) is 3.49. The number of nitro groups is 1. The molecule has 0 amide bonds. The number of ether oxygens (including phenoxy) is 1. The van der Waals surface area contributed by atoms with Crippen LogP contribution in [0, 0.1) is 14.9 Å². The van der Waals surface area contributed by atoms with Gasteiger partial charge in [0.1, 0.15) is 5.82 Å². The summed E-state index contributed by atoms with van der Waals surface area (Å²) >= 11 is 5.01. The number of benzene rings is 1. The van der Waals surface area contributed by atoms with Crippen molar-refractivity contribution in [1.82, 2.24) is 9.97 Å². The summed E-state index contributed by atoms with van der Waals surface area (Å²) in [4.78, 5) is 41.2. The van der Waals surface area contributed by atoms with E-state index < -0.39 is 22.4 Å². The van der Waals surface area contributed by atoms with E-state index in [9.17, 15) is 19.7 Å². The van der Waals surface area contributed by atoms with Crippen molar-refractivity contribution in [2.45, 2.75) is 19.8 Å². The molecular formula is C17H16N4O5S. The van der Waals surface area contributed by atoms with Crippen LogP contribution in [0.4, 0.5) is 11.5 Å². The van der Waals surface area contributed by atoms with Gasteiger partial charge in [-0.1, -0.05) is 12.1 Å². The topological polar surface area (TPSA) is 130 Å². The third kappa shape index (κ3) is 3.38. The summed E-state index contributed by atoms with van der Waals surface area (Å²) in [6, 6.07) is 5.81. The molecule has 9 nitrogen and oxygen atoms in total. The number of hydrogen-bond donors (Lipinski definition) is 3. The Morgan fingerprint density at radius 2 is 2.11 bits per heavy atom. The lowest BCUT2D eigenvalue weighted by Crippen LogP contribution is -2.31. The molecule has 0 aliphatic carbocycles. The molecule has 2 aromatic rings. The van der Waals surface area contributed by atoms with Gasteiger partial charge in [-0.3, -0.25) is 19.9 Å². The van der Waals surface area contributed by atoms with Crippen LogP contribution in [-0.4, -0.2) is 27.5 Å². The minimum absolute atomic E-state index is 0.122. The van der Waals surface area contributed by atoms with Crippen LogP contribution in [0.2, 0.25) is 0 Å². The Hall–Kier alpha value is -3.27. The molecular weight excluding hydrogens is 372 g/mol. The van der Waals surface area contributed by atoms with E-state index in [0.717, 1.165) is 0 Å². The first-order valence-electron chi connectivity index (χ1n) is 8.09. The second-order valence-corrected chi connectivity index (χ2v) is 6.27. The number of aromatic amines is 2. The predicted molar refractivity (Wildman–Crippen MR) is 100 cm³/mol. The molecule has 140 valence electrons. The number of aromatic nitrogens is 2. The summed E-state index contributed by atoms with van der Waals surface area (Å²) < 4.78 is 5.27. The van der Waals surface area contributed by atoms with Crippen molar-refractivity contribution in [1.29, 1.82) is 0 Å². The summed E-state index contributed by atoms with van der Waals surface area (Å²) in [5, 5.41) is 14.1. The van der Waals surface area contributed by atoms with Gasteiger partial charge in [0.25, 0.3) is 11.2 Å². The molecule has 1 aliphatic heterocycles. The first-order chi connectivity index (χ1) is 12.8. The Morgan fingerprint density at radius 3 is 2.78 bits per heavy atom. The largest absolute Gasteiger partial charge is 0.463 e. The maximum Gasteiger partial charge on any atom is 0.336 e. The van der Waals surface area contributed by atoms with Crippen molar-refractivity contribution in [3.8, 4) is 0 Å². The molecule has 0 spiro atoms. The van der Waals surface area contributed by atoms with Crippen LogP contribution in [0.25, 0.3) is 0 Å². The fraction of sp³-hybridized carbons (Fsp3) is 0.235. The average Bonchev–Trinajstić information content (AvgIpc) is 2.60. The Labute approximate surface area is 158 Å². The number of rotatable bonds is 4. The van der Waals surface area contributed by atoms with Crippen molar-refractivity contribution in [2.75, 3.05) is 11.9 Å². The number of carbonyl (C=O) groups is 1. The highest BCUT2D eigenvalue weighted by molar-refractivity contribution is 7.71. The highest BCUT2D eigenvalue weighted by Crippen LogP contribution is 2.40. The Bertz CT molecular complexity index is 1090. The number of nitro benzene ring substituents is 1. The molecule has 0 radical (unpaired) electrons. The third-order valence-electron chi connectivity index (χ3n) is 4.18. The molecule has 1 aromatic carbocycles. The third-order valence-corrected chi connectivity index (χ3v) is 4.39. The molecule has 1 aliphatic rings. The smallest absolute Gasteiger partial charge is 0.336 e. The number of H-pyrrole nitrogens is 2. The van der Waals surface area contributed by atoms with E-state index in [1.165, 1.54) is 18.2 Å². The van der Waals surface area contributed by atoms with Crippen molar-refractivity contribution >= 4 is 29.7 Å². The molecule has 10 heteroatoms. The van der Waals surface area contributed by atoms with E-state index >= 15 is 0 Å². The lowest BCUT2D eigenvalue weighted by molar-refractivity contribution is -0.384. The van der Waals surface area contributed by atoms with Crippen LogP contribution in [0.15, 0.2) is 40.3 Å². The summed E-state index contributed by atoms with van der Waals surface area (Å²) in [5.41, 5.74) is 0.665. The number of nitrogens with zero attached hydrogens (tertiary/aromatic N) is 1. The Morgan fingerprint density at radius 1 is 1.37 bits per heavy atom. The first kappa shape index (κ1) is 18.5. The van der Waals surface area contributed by atoms with Crippen molar-refractivity contribution < 1.29 is 14.5 Å². The minimum Gasteiger partial charge on any atom is -0.463 e. The van der Waals surface area contributed by atoms with Crippen LogP contribution in [0.3, 0.4) is 0 Å².